The highest BCUT2D eigenvalue weighted by Crippen LogP contribution is 2.42. The summed E-state index contributed by atoms with van der Waals surface area (Å²) in [6, 6.07) is 3.50. The number of carbonyl (C=O) groups excluding carboxylic acids is 1. The summed E-state index contributed by atoms with van der Waals surface area (Å²) in [5.41, 5.74) is 2.14. The zero-order valence-corrected chi connectivity index (χ0v) is 15.5. The normalized spacial score (nSPS) is 21.8. The molecule has 2 aliphatic rings. The minimum atomic E-state index is -3.00. The van der Waals surface area contributed by atoms with Gasteiger partial charge in [0.25, 0.3) is 5.91 Å². The van der Waals surface area contributed by atoms with Crippen molar-refractivity contribution < 1.29 is 17.7 Å². The Morgan fingerprint density at radius 2 is 2.15 bits per heavy atom. The highest BCUT2D eigenvalue weighted by Gasteiger charge is 2.36. The Kier molecular flexibility index (Phi) is 4.34. The van der Waals surface area contributed by atoms with E-state index in [1.807, 2.05) is 19.1 Å². The van der Waals surface area contributed by atoms with Crippen molar-refractivity contribution >= 4 is 15.7 Å². The maximum absolute atomic E-state index is 12.4. The summed E-state index contributed by atoms with van der Waals surface area (Å²) in [7, 11) is -3.00. The molecule has 8 nitrogen and oxygen atoms in total. The van der Waals surface area contributed by atoms with Gasteiger partial charge in [0.15, 0.2) is 9.84 Å². The van der Waals surface area contributed by atoms with E-state index in [0.29, 0.717) is 31.0 Å². The second-order valence-electron chi connectivity index (χ2n) is 7.16. The van der Waals surface area contributed by atoms with Crippen molar-refractivity contribution in [3.8, 4) is 0 Å². The standard InChI is InChI=1S/C17H22N4O4S/c1-11-8-13(20-25-11)4-6-18-17(22)15-9-16(12-2-3-12)21(19-15)14-5-7-26(23,24)10-14/h8-9,12,14H,2-7,10H2,1H3,(H,18,22). The summed E-state index contributed by atoms with van der Waals surface area (Å²) >= 11 is 0. The van der Waals surface area contributed by atoms with Crippen LogP contribution in [0.15, 0.2) is 16.7 Å². The van der Waals surface area contributed by atoms with Gasteiger partial charge < -0.3 is 9.84 Å². The van der Waals surface area contributed by atoms with Gasteiger partial charge in [-0.25, -0.2) is 8.42 Å². The molecule has 3 heterocycles. The summed E-state index contributed by atoms with van der Waals surface area (Å²) in [6.07, 6.45) is 3.28. The van der Waals surface area contributed by atoms with Crippen molar-refractivity contribution in [2.24, 2.45) is 0 Å². The van der Waals surface area contributed by atoms with E-state index in [4.69, 9.17) is 4.52 Å². The predicted octanol–water partition coefficient (Wildman–Crippen LogP) is 1.39. The summed E-state index contributed by atoms with van der Waals surface area (Å²) < 4.78 is 30.4. The summed E-state index contributed by atoms with van der Waals surface area (Å²) in [5.74, 6) is 1.20. The molecule has 1 aliphatic heterocycles. The van der Waals surface area contributed by atoms with E-state index in [-0.39, 0.29) is 23.5 Å². The molecule has 2 aromatic rings. The number of amides is 1. The minimum Gasteiger partial charge on any atom is -0.361 e. The Balaban J connectivity index is 1.44. The molecule has 1 saturated heterocycles. The van der Waals surface area contributed by atoms with Gasteiger partial charge in [-0.2, -0.15) is 5.10 Å². The van der Waals surface area contributed by atoms with Crippen molar-refractivity contribution in [2.75, 3.05) is 18.1 Å². The molecule has 1 N–H and O–H groups in total. The summed E-state index contributed by atoms with van der Waals surface area (Å²) in [6.45, 7) is 2.26. The number of sulfone groups is 1. The smallest absolute Gasteiger partial charge is 0.271 e. The molecule has 0 aromatic carbocycles. The highest BCUT2D eigenvalue weighted by molar-refractivity contribution is 7.91. The van der Waals surface area contributed by atoms with E-state index in [1.165, 1.54) is 0 Å². The van der Waals surface area contributed by atoms with Crippen molar-refractivity contribution in [2.45, 2.75) is 44.6 Å². The molecule has 1 aliphatic carbocycles. The van der Waals surface area contributed by atoms with E-state index in [9.17, 15) is 13.2 Å². The molecule has 2 aromatic heterocycles. The van der Waals surface area contributed by atoms with Crippen LogP contribution < -0.4 is 5.32 Å². The first kappa shape index (κ1) is 17.3. The highest BCUT2D eigenvalue weighted by atomic mass is 32.2. The van der Waals surface area contributed by atoms with Crippen LogP contribution in [-0.4, -0.2) is 47.3 Å². The Morgan fingerprint density at radius 1 is 1.35 bits per heavy atom. The van der Waals surface area contributed by atoms with Gasteiger partial charge in [-0.15, -0.1) is 0 Å². The molecule has 2 fully saturated rings. The summed E-state index contributed by atoms with van der Waals surface area (Å²) in [5, 5.41) is 11.2. The second-order valence-corrected chi connectivity index (χ2v) is 9.39. The molecule has 1 amide bonds. The molecule has 9 heteroatoms. The molecule has 140 valence electrons. The fraction of sp³-hybridized carbons (Fsp3) is 0.588. The first-order valence-electron chi connectivity index (χ1n) is 8.91. The molecular weight excluding hydrogens is 356 g/mol. The largest absolute Gasteiger partial charge is 0.361 e. The van der Waals surface area contributed by atoms with Gasteiger partial charge in [-0.1, -0.05) is 5.16 Å². The average Bonchev–Trinajstić information content (AvgIpc) is 3.02. The number of aromatic nitrogens is 3. The van der Waals surface area contributed by atoms with Crippen molar-refractivity contribution in [1.29, 1.82) is 0 Å². The monoisotopic (exact) mass is 378 g/mol. The number of hydrogen-bond donors (Lipinski definition) is 1. The molecular formula is C17H22N4O4S. The van der Waals surface area contributed by atoms with Crippen LogP contribution >= 0.6 is 0 Å². The van der Waals surface area contributed by atoms with Gasteiger partial charge in [0.05, 0.1) is 23.2 Å². The van der Waals surface area contributed by atoms with E-state index in [0.717, 1.165) is 30.0 Å². The lowest BCUT2D eigenvalue weighted by atomic mass is 10.2. The third-order valence-electron chi connectivity index (χ3n) is 4.89. The molecule has 4 rings (SSSR count). The lowest BCUT2D eigenvalue weighted by molar-refractivity contribution is 0.0948. The number of carbonyl (C=O) groups is 1. The van der Waals surface area contributed by atoms with Crippen LogP contribution in [0.4, 0.5) is 0 Å². The van der Waals surface area contributed by atoms with Crippen LogP contribution in [0.1, 0.15) is 58.9 Å². The minimum absolute atomic E-state index is 0.112. The van der Waals surface area contributed by atoms with Crippen LogP contribution in [0.2, 0.25) is 0 Å². The topological polar surface area (TPSA) is 107 Å². The molecule has 1 saturated carbocycles. The third-order valence-corrected chi connectivity index (χ3v) is 6.64. The molecule has 1 atom stereocenters. The SMILES string of the molecule is Cc1cc(CCNC(=O)c2cc(C3CC3)n(C3CCS(=O)(=O)C3)n2)no1. The van der Waals surface area contributed by atoms with Crippen LogP contribution in [0.3, 0.4) is 0 Å². The lowest BCUT2D eigenvalue weighted by Crippen LogP contribution is -2.26. The van der Waals surface area contributed by atoms with Crippen LogP contribution in [-0.2, 0) is 16.3 Å². The fourth-order valence-electron chi connectivity index (χ4n) is 3.40. The Morgan fingerprint density at radius 3 is 2.77 bits per heavy atom. The quantitative estimate of drug-likeness (QED) is 0.814. The molecule has 0 bridgehead atoms. The zero-order valence-electron chi connectivity index (χ0n) is 14.6. The Hall–Kier alpha value is -2.16. The number of nitrogens with one attached hydrogen (secondary N) is 1. The Bertz CT molecular complexity index is 926. The lowest BCUT2D eigenvalue weighted by Gasteiger charge is -2.12. The van der Waals surface area contributed by atoms with Crippen molar-refractivity contribution in [3.63, 3.8) is 0 Å². The first-order valence-corrected chi connectivity index (χ1v) is 10.7. The van der Waals surface area contributed by atoms with Gasteiger partial charge in [0, 0.05) is 30.6 Å². The first-order chi connectivity index (χ1) is 12.4. The number of rotatable bonds is 6. The molecule has 0 spiro atoms. The van der Waals surface area contributed by atoms with Gasteiger partial charge in [0.1, 0.15) is 11.5 Å². The number of nitrogens with zero attached hydrogens (tertiary/aromatic N) is 3. The van der Waals surface area contributed by atoms with E-state index in [2.05, 4.69) is 15.6 Å². The maximum Gasteiger partial charge on any atom is 0.271 e. The third kappa shape index (κ3) is 3.67. The molecule has 26 heavy (non-hydrogen) atoms. The van der Waals surface area contributed by atoms with E-state index in [1.54, 1.807) is 4.68 Å². The summed E-state index contributed by atoms with van der Waals surface area (Å²) in [4.78, 5) is 12.4. The molecule has 1 unspecified atom stereocenters. The maximum atomic E-state index is 12.4. The van der Waals surface area contributed by atoms with Crippen molar-refractivity contribution in [1.82, 2.24) is 20.3 Å². The Labute approximate surface area is 151 Å². The van der Waals surface area contributed by atoms with E-state index >= 15 is 0 Å². The van der Waals surface area contributed by atoms with Crippen LogP contribution in [0.25, 0.3) is 0 Å². The predicted molar refractivity (Wildman–Crippen MR) is 93.8 cm³/mol. The van der Waals surface area contributed by atoms with Gasteiger partial charge in [0.2, 0.25) is 0 Å². The average molecular weight is 378 g/mol. The van der Waals surface area contributed by atoms with E-state index < -0.39 is 9.84 Å². The second kappa shape index (κ2) is 6.53. The van der Waals surface area contributed by atoms with Crippen LogP contribution in [0.5, 0.6) is 0 Å². The fourth-order valence-corrected chi connectivity index (χ4v) is 5.09. The van der Waals surface area contributed by atoms with Gasteiger partial charge >= 0.3 is 0 Å². The van der Waals surface area contributed by atoms with Gasteiger partial charge in [-0.3, -0.25) is 9.48 Å². The zero-order chi connectivity index (χ0) is 18.3. The number of hydrogen-bond acceptors (Lipinski definition) is 6. The van der Waals surface area contributed by atoms with Crippen LogP contribution in [0, 0.1) is 6.92 Å². The van der Waals surface area contributed by atoms with Crippen molar-refractivity contribution in [3.05, 3.63) is 35.0 Å². The van der Waals surface area contributed by atoms with Gasteiger partial charge in [-0.05, 0) is 32.3 Å². The number of aryl methyl sites for hydroxylation is 1. The molecule has 0 radical (unpaired) electrons.